The Balaban J connectivity index is 2.09. The van der Waals surface area contributed by atoms with Gasteiger partial charge in [0.15, 0.2) is 0 Å². The van der Waals surface area contributed by atoms with E-state index in [0.717, 1.165) is 18.7 Å². The minimum Gasteiger partial charge on any atom is -0.469 e. The van der Waals surface area contributed by atoms with Crippen LogP contribution in [0.5, 0.6) is 0 Å². The molecule has 1 aromatic rings. The molecular weight excluding hydrogens is 194 g/mol. The third-order valence-electron chi connectivity index (χ3n) is 2.18. The van der Waals surface area contributed by atoms with Crippen LogP contribution in [0.3, 0.4) is 0 Å². The van der Waals surface area contributed by atoms with Crippen molar-refractivity contribution in [2.75, 3.05) is 20.2 Å². The van der Waals surface area contributed by atoms with Gasteiger partial charge >= 0.3 is 5.97 Å². The SMILES string of the molecule is COC(=O)C(C)CNCCc1ccco1. The molecule has 1 atom stereocenters. The van der Waals surface area contributed by atoms with Gasteiger partial charge in [-0.2, -0.15) is 0 Å². The van der Waals surface area contributed by atoms with Crippen molar-refractivity contribution in [2.24, 2.45) is 5.92 Å². The standard InChI is InChI=1S/C11H17NO3/c1-9(11(13)14-2)8-12-6-5-10-4-3-7-15-10/h3-4,7,9,12H,5-6,8H2,1-2H3. The maximum atomic E-state index is 11.1. The van der Waals surface area contributed by atoms with Gasteiger partial charge in [0.1, 0.15) is 5.76 Å². The minimum atomic E-state index is -0.180. The predicted molar refractivity (Wildman–Crippen MR) is 56.5 cm³/mol. The number of ether oxygens (including phenoxy) is 1. The second-order valence-corrected chi connectivity index (χ2v) is 3.46. The van der Waals surface area contributed by atoms with Crippen LogP contribution in [0.25, 0.3) is 0 Å². The van der Waals surface area contributed by atoms with Crippen LogP contribution in [0, 0.1) is 5.92 Å². The van der Waals surface area contributed by atoms with Crippen LogP contribution >= 0.6 is 0 Å². The normalized spacial score (nSPS) is 12.4. The molecule has 1 unspecified atom stereocenters. The zero-order valence-electron chi connectivity index (χ0n) is 9.16. The number of esters is 1. The Bertz CT molecular complexity index is 282. The fraction of sp³-hybridized carbons (Fsp3) is 0.545. The maximum absolute atomic E-state index is 11.1. The Hall–Kier alpha value is -1.29. The van der Waals surface area contributed by atoms with E-state index in [2.05, 4.69) is 10.1 Å². The van der Waals surface area contributed by atoms with Gasteiger partial charge in [-0.15, -0.1) is 0 Å². The molecule has 84 valence electrons. The fourth-order valence-electron chi connectivity index (χ4n) is 1.27. The van der Waals surface area contributed by atoms with Crippen LogP contribution in [-0.4, -0.2) is 26.2 Å². The summed E-state index contributed by atoms with van der Waals surface area (Å²) in [5.74, 6) is 0.667. The summed E-state index contributed by atoms with van der Waals surface area (Å²) in [6.07, 6.45) is 2.49. The molecular formula is C11H17NO3. The van der Waals surface area contributed by atoms with Gasteiger partial charge in [-0.3, -0.25) is 4.79 Å². The number of methoxy groups -OCH3 is 1. The first kappa shape index (κ1) is 11.8. The average molecular weight is 211 g/mol. The summed E-state index contributed by atoms with van der Waals surface area (Å²) < 4.78 is 9.80. The molecule has 4 nitrogen and oxygen atoms in total. The molecule has 4 heteroatoms. The summed E-state index contributed by atoms with van der Waals surface area (Å²) in [4.78, 5) is 11.1. The second kappa shape index (κ2) is 6.24. The van der Waals surface area contributed by atoms with Gasteiger partial charge < -0.3 is 14.5 Å². The van der Waals surface area contributed by atoms with Crippen molar-refractivity contribution in [3.63, 3.8) is 0 Å². The first-order valence-corrected chi connectivity index (χ1v) is 5.05. The van der Waals surface area contributed by atoms with Crippen molar-refractivity contribution in [1.29, 1.82) is 0 Å². The molecule has 1 rings (SSSR count). The Morgan fingerprint density at radius 3 is 3.07 bits per heavy atom. The number of hydrogen-bond donors (Lipinski definition) is 1. The molecule has 0 radical (unpaired) electrons. The molecule has 0 spiro atoms. The summed E-state index contributed by atoms with van der Waals surface area (Å²) >= 11 is 0. The smallest absolute Gasteiger partial charge is 0.309 e. The van der Waals surface area contributed by atoms with Crippen molar-refractivity contribution < 1.29 is 13.9 Å². The highest BCUT2D eigenvalue weighted by atomic mass is 16.5. The largest absolute Gasteiger partial charge is 0.469 e. The Morgan fingerprint density at radius 1 is 1.67 bits per heavy atom. The lowest BCUT2D eigenvalue weighted by atomic mass is 10.2. The lowest BCUT2D eigenvalue weighted by Crippen LogP contribution is -2.28. The van der Waals surface area contributed by atoms with Crippen LogP contribution in [0.15, 0.2) is 22.8 Å². The highest BCUT2D eigenvalue weighted by Gasteiger charge is 2.11. The van der Waals surface area contributed by atoms with E-state index in [0.29, 0.717) is 6.54 Å². The van der Waals surface area contributed by atoms with Gasteiger partial charge in [0.2, 0.25) is 0 Å². The lowest BCUT2D eigenvalue weighted by Gasteiger charge is -2.09. The third-order valence-corrected chi connectivity index (χ3v) is 2.18. The van der Waals surface area contributed by atoms with E-state index in [-0.39, 0.29) is 11.9 Å². The number of nitrogens with one attached hydrogen (secondary N) is 1. The van der Waals surface area contributed by atoms with Crippen molar-refractivity contribution in [1.82, 2.24) is 5.32 Å². The van der Waals surface area contributed by atoms with E-state index in [1.807, 2.05) is 19.1 Å². The maximum Gasteiger partial charge on any atom is 0.309 e. The molecule has 0 aliphatic rings. The highest BCUT2D eigenvalue weighted by molar-refractivity contribution is 5.71. The summed E-state index contributed by atoms with van der Waals surface area (Å²) in [5.41, 5.74) is 0. The predicted octanol–water partition coefficient (Wildman–Crippen LogP) is 1.22. The first-order chi connectivity index (χ1) is 7.24. The Morgan fingerprint density at radius 2 is 2.47 bits per heavy atom. The second-order valence-electron chi connectivity index (χ2n) is 3.46. The topological polar surface area (TPSA) is 51.5 Å². The minimum absolute atomic E-state index is 0.105. The van der Waals surface area contributed by atoms with Crippen LogP contribution < -0.4 is 5.32 Å². The van der Waals surface area contributed by atoms with Crippen molar-refractivity contribution in [2.45, 2.75) is 13.3 Å². The zero-order chi connectivity index (χ0) is 11.1. The van der Waals surface area contributed by atoms with Gasteiger partial charge in [0, 0.05) is 19.5 Å². The summed E-state index contributed by atoms with van der Waals surface area (Å²) in [5, 5.41) is 3.18. The fourth-order valence-corrected chi connectivity index (χ4v) is 1.27. The molecule has 0 amide bonds. The zero-order valence-corrected chi connectivity index (χ0v) is 9.16. The summed E-state index contributed by atoms with van der Waals surface area (Å²) in [6.45, 7) is 3.27. The number of furan rings is 1. The number of hydrogen-bond acceptors (Lipinski definition) is 4. The van der Waals surface area contributed by atoms with Crippen molar-refractivity contribution in [3.8, 4) is 0 Å². The molecule has 0 bridgehead atoms. The van der Waals surface area contributed by atoms with E-state index < -0.39 is 0 Å². The number of rotatable bonds is 6. The summed E-state index contributed by atoms with van der Waals surface area (Å²) in [7, 11) is 1.40. The summed E-state index contributed by atoms with van der Waals surface area (Å²) in [6, 6.07) is 3.80. The van der Waals surface area contributed by atoms with Crippen LogP contribution in [-0.2, 0) is 16.0 Å². The van der Waals surface area contributed by atoms with E-state index in [4.69, 9.17) is 4.42 Å². The molecule has 1 N–H and O–H groups in total. The van der Waals surface area contributed by atoms with Crippen LogP contribution in [0.2, 0.25) is 0 Å². The van der Waals surface area contributed by atoms with Gasteiger partial charge in [-0.25, -0.2) is 0 Å². The van der Waals surface area contributed by atoms with Crippen molar-refractivity contribution >= 4 is 5.97 Å². The van der Waals surface area contributed by atoms with E-state index >= 15 is 0 Å². The Labute approximate surface area is 89.6 Å². The quantitative estimate of drug-likeness (QED) is 0.568. The molecule has 0 aliphatic heterocycles. The molecule has 15 heavy (non-hydrogen) atoms. The molecule has 0 aromatic carbocycles. The number of carbonyl (C=O) groups excluding carboxylic acids is 1. The Kier molecular flexibility index (Phi) is 4.90. The van der Waals surface area contributed by atoms with Gasteiger partial charge in [0.05, 0.1) is 19.3 Å². The van der Waals surface area contributed by atoms with E-state index in [1.165, 1.54) is 7.11 Å². The molecule has 0 saturated heterocycles. The average Bonchev–Trinajstić information content (AvgIpc) is 2.75. The molecule has 1 heterocycles. The van der Waals surface area contributed by atoms with Crippen LogP contribution in [0.4, 0.5) is 0 Å². The van der Waals surface area contributed by atoms with Crippen LogP contribution in [0.1, 0.15) is 12.7 Å². The van der Waals surface area contributed by atoms with E-state index in [1.54, 1.807) is 6.26 Å². The van der Waals surface area contributed by atoms with E-state index in [9.17, 15) is 4.79 Å². The first-order valence-electron chi connectivity index (χ1n) is 5.05. The molecule has 0 aliphatic carbocycles. The lowest BCUT2D eigenvalue weighted by molar-refractivity contribution is -0.144. The number of carbonyl (C=O) groups is 1. The third kappa shape index (κ3) is 4.16. The monoisotopic (exact) mass is 211 g/mol. The highest BCUT2D eigenvalue weighted by Crippen LogP contribution is 2.00. The molecule has 1 aromatic heterocycles. The van der Waals surface area contributed by atoms with Gasteiger partial charge in [-0.1, -0.05) is 6.92 Å². The van der Waals surface area contributed by atoms with Gasteiger partial charge in [-0.05, 0) is 12.1 Å². The van der Waals surface area contributed by atoms with Crippen molar-refractivity contribution in [3.05, 3.63) is 24.2 Å². The van der Waals surface area contributed by atoms with Gasteiger partial charge in [0.25, 0.3) is 0 Å². The molecule has 0 fully saturated rings. The molecule has 0 saturated carbocycles.